The number of halogens is 1. The lowest BCUT2D eigenvalue weighted by Crippen LogP contribution is -2.27. The average Bonchev–Trinajstić information content (AvgIpc) is 2.75. The predicted molar refractivity (Wildman–Crippen MR) is 74.1 cm³/mol. The molecule has 0 saturated carbocycles. The molecule has 1 aromatic carbocycles. The maximum absolute atomic E-state index is 13.4. The van der Waals surface area contributed by atoms with E-state index < -0.39 is 5.82 Å². The molecule has 0 spiro atoms. The van der Waals surface area contributed by atoms with Gasteiger partial charge in [-0.3, -0.25) is 13.9 Å². The molecule has 0 N–H and O–H groups in total. The van der Waals surface area contributed by atoms with E-state index in [1.165, 1.54) is 10.6 Å². The Bertz CT molecular complexity index is 658. The minimum absolute atomic E-state index is 0.00191. The zero-order valence-electron chi connectivity index (χ0n) is 11.4. The topological polar surface area (TPSA) is 44.0 Å². The molecule has 106 valence electrons. The highest BCUT2D eigenvalue weighted by Crippen LogP contribution is 2.07. The number of hydrogen-bond donors (Lipinski definition) is 0. The molecule has 4 nitrogen and oxygen atoms in total. The number of nitrogens with zero attached hydrogens (tertiary/aromatic N) is 2. The van der Waals surface area contributed by atoms with Crippen LogP contribution in [0.5, 0.6) is 0 Å². The summed E-state index contributed by atoms with van der Waals surface area (Å²) in [6.45, 7) is 2.59. The summed E-state index contributed by atoms with van der Waals surface area (Å²) in [5, 5.41) is 0. The summed E-state index contributed by atoms with van der Waals surface area (Å²) < 4.78 is 16.4. The van der Waals surface area contributed by atoms with Crippen LogP contribution in [0.1, 0.15) is 18.9 Å². The normalized spacial score (nSPS) is 10.7. The standard InChI is InChI=1S/C15H17FN2O2/c1-2-7-17-8-9-18(15(17)20)11-13(19)10-12-5-3-4-6-14(12)16/h3-6,8-9H,2,7,10-11H2,1H3. The van der Waals surface area contributed by atoms with Crippen molar-refractivity contribution in [1.29, 1.82) is 0 Å². The Morgan fingerprint density at radius 2 is 1.90 bits per heavy atom. The van der Waals surface area contributed by atoms with Crippen molar-refractivity contribution < 1.29 is 9.18 Å². The fourth-order valence-electron chi connectivity index (χ4n) is 2.08. The van der Waals surface area contributed by atoms with E-state index in [9.17, 15) is 14.0 Å². The Morgan fingerprint density at radius 3 is 2.60 bits per heavy atom. The van der Waals surface area contributed by atoms with Crippen LogP contribution in [0.4, 0.5) is 4.39 Å². The van der Waals surface area contributed by atoms with Crippen LogP contribution in [-0.2, 0) is 24.3 Å². The van der Waals surface area contributed by atoms with Gasteiger partial charge in [-0.1, -0.05) is 25.1 Å². The molecule has 0 amide bonds. The van der Waals surface area contributed by atoms with Crippen LogP contribution in [-0.4, -0.2) is 14.9 Å². The highest BCUT2D eigenvalue weighted by Gasteiger charge is 2.10. The molecule has 0 aliphatic heterocycles. The summed E-state index contributed by atoms with van der Waals surface area (Å²) in [5.41, 5.74) is 0.160. The Labute approximate surface area is 116 Å². The van der Waals surface area contributed by atoms with Gasteiger partial charge in [0.05, 0.1) is 6.54 Å². The third-order valence-electron chi connectivity index (χ3n) is 3.07. The maximum Gasteiger partial charge on any atom is 0.328 e. The number of benzene rings is 1. The van der Waals surface area contributed by atoms with Gasteiger partial charge in [0.25, 0.3) is 0 Å². The number of aryl methyl sites for hydroxylation is 1. The molecule has 0 bridgehead atoms. The van der Waals surface area contributed by atoms with Crippen LogP contribution in [0.25, 0.3) is 0 Å². The molecule has 0 unspecified atom stereocenters. The van der Waals surface area contributed by atoms with Crippen molar-refractivity contribution in [2.45, 2.75) is 32.9 Å². The SMILES string of the molecule is CCCn1ccn(CC(=O)Cc2ccccc2F)c1=O. The van der Waals surface area contributed by atoms with Crippen molar-refractivity contribution in [3.63, 3.8) is 0 Å². The van der Waals surface area contributed by atoms with Crippen LogP contribution >= 0.6 is 0 Å². The highest BCUT2D eigenvalue weighted by molar-refractivity contribution is 5.80. The second-order valence-electron chi connectivity index (χ2n) is 4.71. The van der Waals surface area contributed by atoms with E-state index in [-0.39, 0.29) is 24.4 Å². The first-order valence-corrected chi connectivity index (χ1v) is 6.62. The van der Waals surface area contributed by atoms with E-state index in [1.54, 1.807) is 35.2 Å². The van der Waals surface area contributed by atoms with Crippen LogP contribution in [0.3, 0.4) is 0 Å². The lowest BCUT2D eigenvalue weighted by Gasteiger charge is -2.03. The summed E-state index contributed by atoms with van der Waals surface area (Å²) >= 11 is 0. The van der Waals surface area contributed by atoms with Crippen LogP contribution in [0.2, 0.25) is 0 Å². The highest BCUT2D eigenvalue weighted by atomic mass is 19.1. The number of aromatic nitrogens is 2. The van der Waals surface area contributed by atoms with E-state index in [4.69, 9.17) is 0 Å². The van der Waals surface area contributed by atoms with Crippen molar-refractivity contribution in [3.05, 3.63) is 58.5 Å². The molecule has 2 aromatic rings. The zero-order valence-corrected chi connectivity index (χ0v) is 11.4. The molecular weight excluding hydrogens is 259 g/mol. The number of ketones is 1. The minimum Gasteiger partial charge on any atom is -0.299 e. The first kappa shape index (κ1) is 14.2. The number of rotatable bonds is 6. The number of Topliss-reactive ketones (excluding diaryl/α,β-unsaturated/α-hetero) is 1. The van der Waals surface area contributed by atoms with Gasteiger partial charge >= 0.3 is 5.69 Å². The van der Waals surface area contributed by atoms with Crippen LogP contribution in [0.15, 0.2) is 41.5 Å². The molecule has 0 fully saturated rings. The smallest absolute Gasteiger partial charge is 0.299 e. The van der Waals surface area contributed by atoms with Crippen LogP contribution < -0.4 is 5.69 Å². The van der Waals surface area contributed by atoms with E-state index in [1.807, 2.05) is 6.92 Å². The lowest BCUT2D eigenvalue weighted by molar-refractivity contribution is -0.119. The third-order valence-corrected chi connectivity index (χ3v) is 3.07. The van der Waals surface area contributed by atoms with Crippen molar-refractivity contribution in [2.75, 3.05) is 0 Å². The van der Waals surface area contributed by atoms with E-state index in [0.29, 0.717) is 12.1 Å². The minimum atomic E-state index is -0.392. The lowest BCUT2D eigenvalue weighted by atomic mass is 10.1. The van der Waals surface area contributed by atoms with Gasteiger partial charge < -0.3 is 0 Å². The second-order valence-corrected chi connectivity index (χ2v) is 4.71. The molecule has 1 aromatic heterocycles. The summed E-state index contributed by atoms with van der Waals surface area (Å²) in [5.74, 6) is -0.580. The monoisotopic (exact) mass is 276 g/mol. The Morgan fingerprint density at radius 1 is 1.20 bits per heavy atom. The van der Waals surface area contributed by atoms with E-state index in [0.717, 1.165) is 6.42 Å². The third kappa shape index (κ3) is 3.23. The number of hydrogen-bond acceptors (Lipinski definition) is 2. The average molecular weight is 276 g/mol. The van der Waals surface area contributed by atoms with Crippen molar-refractivity contribution in [3.8, 4) is 0 Å². The quantitative estimate of drug-likeness (QED) is 0.810. The van der Waals surface area contributed by atoms with Gasteiger partial charge in [-0.2, -0.15) is 0 Å². The predicted octanol–water partition coefficient (Wildman–Crippen LogP) is 2.01. The Balaban J connectivity index is 2.05. The first-order chi connectivity index (χ1) is 9.61. The number of carbonyl (C=O) groups is 1. The van der Waals surface area contributed by atoms with Crippen molar-refractivity contribution in [2.24, 2.45) is 0 Å². The van der Waals surface area contributed by atoms with Gasteiger partial charge in [0.1, 0.15) is 5.82 Å². The summed E-state index contributed by atoms with van der Waals surface area (Å²) in [4.78, 5) is 23.8. The van der Waals surface area contributed by atoms with Gasteiger partial charge in [0, 0.05) is 25.4 Å². The number of imidazole rings is 1. The molecule has 0 atom stereocenters. The van der Waals surface area contributed by atoms with E-state index in [2.05, 4.69) is 0 Å². The molecule has 20 heavy (non-hydrogen) atoms. The molecular formula is C15H17FN2O2. The van der Waals surface area contributed by atoms with Gasteiger partial charge in [-0.15, -0.1) is 0 Å². The van der Waals surface area contributed by atoms with E-state index >= 15 is 0 Å². The Kier molecular flexibility index (Phi) is 4.50. The molecule has 0 aliphatic carbocycles. The fourth-order valence-corrected chi connectivity index (χ4v) is 2.08. The summed E-state index contributed by atoms with van der Waals surface area (Å²) in [7, 11) is 0. The molecule has 5 heteroatoms. The van der Waals surface area contributed by atoms with Gasteiger partial charge in [0.15, 0.2) is 5.78 Å². The van der Waals surface area contributed by atoms with Crippen molar-refractivity contribution >= 4 is 5.78 Å². The molecule has 0 aliphatic rings. The largest absolute Gasteiger partial charge is 0.328 e. The number of carbonyl (C=O) groups excluding carboxylic acids is 1. The maximum atomic E-state index is 13.4. The molecule has 1 heterocycles. The van der Waals surface area contributed by atoms with Gasteiger partial charge in [-0.05, 0) is 18.1 Å². The first-order valence-electron chi connectivity index (χ1n) is 6.62. The summed E-state index contributed by atoms with van der Waals surface area (Å²) in [6.07, 6.45) is 4.12. The Hall–Kier alpha value is -2.17. The summed E-state index contributed by atoms with van der Waals surface area (Å²) in [6, 6.07) is 6.18. The van der Waals surface area contributed by atoms with Gasteiger partial charge in [-0.25, -0.2) is 9.18 Å². The molecule has 0 saturated heterocycles. The van der Waals surface area contributed by atoms with Crippen LogP contribution in [0, 0.1) is 5.82 Å². The molecule has 2 rings (SSSR count). The zero-order chi connectivity index (χ0) is 14.5. The molecule has 0 radical (unpaired) electrons. The van der Waals surface area contributed by atoms with Crippen molar-refractivity contribution in [1.82, 2.24) is 9.13 Å². The van der Waals surface area contributed by atoms with Gasteiger partial charge in [0.2, 0.25) is 0 Å². The second kappa shape index (κ2) is 6.32. The fraction of sp³-hybridized carbons (Fsp3) is 0.333.